The summed E-state index contributed by atoms with van der Waals surface area (Å²) in [5, 5.41) is 0. The van der Waals surface area contributed by atoms with Crippen LogP contribution in [0.4, 0.5) is 0 Å². The lowest BCUT2D eigenvalue weighted by molar-refractivity contribution is -0.945. The van der Waals surface area contributed by atoms with Gasteiger partial charge in [0, 0.05) is 30.8 Å². The number of hydrogen-bond acceptors (Lipinski definition) is 1. The van der Waals surface area contributed by atoms with Crippen molar-refractivity contribution in [2.75, 3.05) is 19.6 Å². The second-order valence-electron chi connectivity index (χ2n) is 6.98. The monoisotopic (exact) mass is 249 g/mol. The average Bonchev–Trinajstić information content (AvgIpc) is 2.40. The zero-order chi connectivity index (χ0) is 12.1. The zero-order valence-corrected chi connectivity index (χ0v) is 11.2. The third-order valence-electron chi connectivity index (χ3n) is 6.07. The molecule has 1 amide bonds. The van der Waals surface area contributed by atoms with Crippen LogP contribution < -0.4 is 4.90 Å². The summed E-state index contributed by atoms with van der Waals surface area (Å²) in [7, 11) is 0. The molecule has 1 N–H and O–H groups in total. The van der Waals surface area contributed by atoms with Crippen LogP contribution in [0.1, 0.15) is 44.9 Å². The average molecular weight is 249 g/mol. The van der Waals surface area contributed by atoms with Crippen LogP contribution in [0.3, 0.4) is 0 Å². The van der Waals surface area contributed by atoms with Gasteiger partial charge in [-0.25, -0.2) is 0 Å². The zero-order valence-electron chi connectivity index (χ0n) is 11.2. The summed E-state index contributed by atoms with van der Waals surface area (Å²) in [6.45, 7) is 3.85. The van der Waals surface area contributed by atoms with Gasteiger partial charge in [-0.1, -0.05) is 0 Å². The minimum absolute atomic E-state index is 0.459. The first-order valence-corrected chi connectivity index (χ1v) is 7.97. The van der Waals surface area contributed by atoms with Crippen LogP contribution in [0, 0.1) is 11.8 Å². The van der Waals surface area contributed by atoms with Gasteiger partial charge in [-0.2, -0.15) is 0 Å². The number of nitrogens with one attached hydrogen (secondary N) is 1. The fourth-order valence-electron chi connectivity index (χ4n) is 5.32. The first-order chi connectivity index (χ1) is 8.83. The lowest BCUT2D eigenvalue weighted by Gasteiger charge is -2.54. The highest BCUT2D eigenvalue weighted by Crippen LogP contribution is 2.37. The van der Waals surface area contributed by atoms with E-state index in [1.54, 1.807) is 0 Å². The summed E-state index contributed by atoms with van der Waals surface area (Å²) in [6.07, 6.45) is 8.92. The number of fused-ring (bicyclic) bond motifs is 6. The summed E-state index contributed by atoms with van der Waals surface area (Å²) in [6, 6.07) is 1.49. The number of rotatable bonds is 0. The van der Waals surface area contributed by atoms with Crippen molar-refractivity contribution in [1.29, 1.82) is 0 Å². The Morgan fingerprint density at radius 1 is 1.11 bits per heavy atom. The molecule has 3 nitrogen and oxygen atoms in total. The van der Waals surface area contributed by atoms with Crippen molar-refractivity contribution in [3.63, 3.8) is 0 Å². The number of piperidine rings is 4. The molecule has 4 heterocycles. The van der Waals surface area contributed by atoms with Crippen LogP contribution in [0.25, 0.3) is 0 Å². The van der Waals surface area contributed by atoms with E-state index in [9.17, 15) is 4.79 Å². The van der Waals surface area contributed by atoms with Gasteiger partial charge in [0.15, 0.2) is 0 Å². The molecule has 0 spiro atoms. The molecule has 2 bridgehead atoms. The summed E-state index contributed by atoms with van der Waals surface area (Å²) >= 11 is 0. The number of nitrogens with zero attached hydrogens (tertiary/aromatic N) is 1. The number of hydrogen-bond donors (Lipinski definition) is 1. The van der Waals surface area contributed by atoms with Gasteiger partial charge in [0.25, 0.3) is 0 Å². The van der Waals surface area contributed by atoms with Crippen LogP contribution in [-0.2, 0) is 4.79 Å². The summed E-state index contributed by atoms with van der Waals surface area (Å²) in [4.78, 5) is 16.3. The number of amides is 1. The lowest BCUT2D eigenvalue weighted by atomic mass is 9.71. The van der Waals surface area contributed by atoms with E-state index in [-0.39, 0.29) is 0 Å². The van der Waals surface area contributed by atoms with Gasteiger partial charge in [0.2, 0.25) is 5.91 Å². The van der Waals surface area contributed by atoms with Crippen molar-refractivity contribution < 1.29 is 9.69 Å². The van der Waals surface area contributed by atoms with E-state index in [1.165, 1.54) is 45.2 Å². The van der Waals surface area contributed by atoms with Crippen molar-refractivity contribution in [1.82, 2.24) is 4.90 Å². The smallest absolute Gasteiger partial charge is 0.222 e. The molecule has 4 aliphatic rings. The van der Waals surface area contributed by atoms with Gasteiger partial charge >= 0.3 is 0 Å². The molecule has 18 heavy (non-hydrogen) atoms. The molecule has 0 radical (unpaired) electrons. The van der Waals surface area contributed by atoms with Crippen molar-refractivity contribution in [2.24, 2.45) is 11.8 Å². The molecule has 4 saturated heterocycles. The van der Waals surface area contributed by atoms with Crippen LogP contribution in [0.15, 0.2) is 0 Å². The lowest BCUT2D eigenvalue weighted by Crippen LogP contribution is -3.19. The molecular weight excluding hydrogens is 224 g/mol. The Morgan fingerprint density at radius 2 is 2.06 bits per heavy atom. The Kier molecular flexibility index (Phi) is 2.65. The molecule has 0 aromatic carbocycles. The maximum Gasteiger partial charge on any atom is 0.222 e. The van der Waals surface area contributed by atoms with E-state index < -0.39 is 0 Å². The van der Waals surface area contributed by atoms with E-state index in [0.717, 1.165) is 37.3 Å². The van der Waals surface area contributed by atoms with Gasteiger partial charge in [-0.15, -0.1) is 0 Å². The Morgan fingerprint density at radius 3 is 3.00 bits per heavy atom. The largest absolute Gasteiger partial charge is 0.339 e. The molecule has 0 aromatic heterocycles. The fraction of sp³-hybridized carbons (Fsp3) is 0.933. The van der Waals surface area contributed by atoms with Crippen LogP contribution >= 0.6 is 0 Å². The number of quaternary nitrogens is 1. The van der Waals surface area contributed by atoms with Crippen molar-refractivity contribution in [3.05, 3.63) is 0 Å². The van der Waals surface area contributed by atoms with E-state index >= 15 is 0 Å². The van der Waals surface area contributed by atoms with Crippen LogP contribution in [-0.4, -0.2) is 42.5 Å². The van der Waals surface area contributed by atoms with Crippen molar-refractivity contribution >= 4 is 5.91 Å². The van der Waals surface area contributed by atoms with Crippen molar-refractivity contribution in [3.8, 4) is 0 Å². The second-order valence-corrected chi connectivity index (χ2v) is 6.98. The predicted molar refractivity (Wildman–Crippen MR) is 69.3 cm³/mol. The minimum atomic E-state index is 0.459. The molecule has 0 aromatic rings. The Balaban J connectivity index is 1.59. The minimum Gasteiger partial charge on any atom is -0.339 e. The molecule has 4 fully saturated rings. The van der Waals surface area contributed by atoms with E-state index in [1.807, 2.05) is 4.90 Å². The SMILES string of the molecule is O=C1CCC[C@@H]2[C@H]3C[C@@H](CN12)C1CCCC[NH+]1C3. The third kappa shape index (κ3) is 1.63. The predicted octanol–water partition coefficient (Wildman–Crippen LogP) is 0.455. The second kappa shape index (κ2) is 4.22. The van der Waals surface area contributed by atoms with E-state index in [0.29, 0.717) is 11.9 Å². The summed E-state index contributed by atoms with van der Waals surface area (Å²) in [5.74, 6) is 2.09. The van der Waals surface area contributed by atoms with E-state index in [2.05, 4.69) is 4.90 Å². The first kappa shape index (κ1) is 11.3. The first-order valence-electron chi connectivity index (χ1n) is 7.97. The Bertz CT molecular complexity index is 356. The highest BCUT2D eigenvalue weighted by atomic mass is 16.2. The molecule has 0 aliphatic carbocycles. The molecule has 4 aliphatic heterocycles. The third-order valence-corrected chi connectivity index (χ3v) is 6.07. The summed E-state index contributed by atoms with van der Waals surface area (Å²) in [5.41, 5.74) is 0. The number of carbonyl (C=O) groups is 1. The highest BCUT2D eigenvalue weighted by Gasteiger charge is 2.50. The molecule has 3 heteroatoms. The van der Waals surface area contributed by atoms with Gasteiger partial charge in [0.05, 0.1) is 19.1 Å². The van der Waals surface area contributed by atoms with Crippen LogP contribution in [0.5, 0.6) is 0 Å². The molecule has 2 unspecified atom stereocenters. The van der Waals surface area contributed by atoms with Gasteiger partial charge in [-0.3, -0.25) is 4.79 Å². The maximum absolute atomic E-state index is 12.1. The van der Waals surface area contributed by atoms with Crippen molar-refractivity contribution in [2.45, 2.75) is 57.0 Å². The maximum atomic E-state index is 12.1. The molecular formula is C15H25N2O+. The van der Waals surface area contributed by atoms with Gasteiger partial charge < -0.3 is 9.80 Å². The Labute approximate surface area is 110 Å². The quantitative estimate of drug-likeness (QED) is 0.662. The number of carbonyl (C=O) groups excluding carboxylic acids is 1. The molecule has 5 atom stereocenters. The van der Waals surface area contributed by atoms with E-state index in [4.69, 9.17) is 0 Å². The topological polar surface area (TPSA) is 24.8 Å². The summed E-state index contributed by atoms with van der Waals surface area (Å²) < 4.78 is 0. The highest BCUT2D eigenvalue weighted by molar-refractivity contribution is 5.77. The normalized spacial score (nSPS) is 47.4. The molecule has 100 valence electrons. The van der Waals surface area contributed by atoms with Gasteiger partial charge in [0.1, 0.15) is 0 Å². The molecule has 0 saturated carbocycles. The van der Waals surface area contributed by atoms with Crippen LogP contribution in [0.2, 0.25) is 0 Å². The molecule has 4 rings (SSSR count). The van der Waals surface area contributed by atoms with Gasteiger partial charge in [-0.05, 0) is 38.5 Å². The fourth-order valence-corrected chi connectivity index (χ4v) is 5.32. The Hall–Kier alpha value is -0.570. The standard InChI is InChI=1S/C15H24N2O/c18-15-6-3-5-14-11-8-12(10-17(14)15)13-4-1-2-7-16(13)9-11/h11-14H,1-10H2/p+1/t11-,12-,13?,14+/m0/s1.